The summed E-state index contributed by atoms with van der Waals surface area (Å²) in [6.07, 6.45) is 5.03. The van der Waals surface area contributed by atoms with Crippen molar-refractivity contribution in [2.45, 2.75) is 33.6 Å². The molecule has 0 saturated heterocycles. The summed E-state index contributed by atoms with van der Waals surface area (Å²) in [6.45, 7) is 6.13. The molecule has 1 heterocycles. The molecule has 106 valence electrons. The van der Waals surface area contributed by atoms with Gasteiger partial charge in [-0.15, -0.1) is 0 Å². The standard InChI is InChI=1S/C16H20N2O2/c1-5-13-7-14(18-10-11(2)9-17-18)6-12(3)15(13)8-16(19)20-4/h6-7,9-10H,5,8H2,1-4H3. The number of carbonyl (C=O) groups excluding carboxylic acids is 1. The molecule has 4 heteroatoms. The van der Waals surface area contributed by atoms with Crippen LogP contribution in [-0.2, 0) is 22.4 Å². The number of esters is 1. The zero-order chi connectivity index (χ0) is 14.7. The highest BCUT2D eigenvalue weighted by molar-refractivity contribution is 5.73. The third kappa shape index (κ3) is 2.90. The van der Waals surface area contributed by atoms with Crippen molar-refractivity contribution in [2.75, 3.05) is 7.11 Å². The van der Waals surface area contributed by atoms with Crippen molar-refractivity contribution in [2.24, 2.45) is 0 Å². The summed E-state index contributed by atoms with van der Waals surface area (Å²) < 4.78 is 6.63. The molecule has 2 aromatic rings. The quantitative estimate of drug-likeness (QED) is 0.804. The maximum absolute atomic E-state index is 11.5. The summed E-state index contributed by atoms with van der Waals surface area (Å²) in [4.78, 5) is 11.5. The van der Waals surface area contributed by atoms with E-state index in [1.807, 2.05) is 30.9 Å². The van der Waals surface area contributed by atoms with Crippen molar-refractivity contribution in [3.63, 3.8) is 0 Å². The molecule has 0 saturated carbocycles. The maximum atomic E-state index is 11.5. The lowest BCUT2D eigenvalue weighted by molar-refractivity contribution is -0.139. The second kappa shape index (κ2) is 5.90. The molecule has 0 N–H and O–H groups in total. The molecule has 20 heavy (non-hydrogen) atoms. The van der Waals surface area contributed by atoms with Gasteiger partial charge in [-0.25, -0.2) is 4.68 Å². The number of carbonyl (C=O) groups is 1. The number of benzene rings is 1. The Morgan fingerprint density at radius 1 is 1.35 bits per heavy atom. The van der Waals surface area contributed by atoms with Crippen LogP contribution in [0.1, 0.15) is 29.2 Å². The fraction of sp³-hybridized carbons (Fsp3) is 0.375. The van der Waals surface area contributed by atoms with E-state index in [9.17, 15) is 4.79 Å². The molecule has 0 aliphatic heterocycles. The molecule has 0 amide bonds. The first kappa shape index (κ1) is 14.3. The van der Waals surface area contributed by atoms with Gasteiger partial charge in [-0.1, -0.05) is 6.92 Å². The van der Waals surface area contributed by atoms with E-state index in [-0.39, 0.29) is 5.97 Å². The van der Waals surface area contributed by atoms with E-state index in [0.717, 1.165) is 28.8 Å². The molecule has 0 radical (unpaired) electrons. The molecular weight excluding hydrogens is 252 g/mol. The van der Waals surface area contributed by atoms with E-state index in [4.69, 9.17) is 4.74 Å². The van der Waals surface area contributed by atoms with Crippen LogP contribution in [0.4, 0.5) is 0 Å². The Labute approximate surface area is 119 Å². The van der Waals surface area contributed by atoms with Crippen LogP contribution in [0.25, 0.3) is 5.69 Å². The lowest BCUT2D eigenvalue weighted by Crippen LogP contribution is -2.09. The minimum Gasteiger partial charge on any atom is -0.469 e. The SMILES string of the molecule is CCc1cc(-n2cc(C)cn2)cc(C)c1CC(=O)OC. The summed E-state index contributed by atoms with van der Waals surface area (Å²) >= 11 is 0. The number of ether oxygens (including phenoxy) is 1. The normalized spacial score (nSPS) is 10.6. The number of aryl methyl sites for hydroxylation is 3. The number of nitrogens with zero attached hydrogens (tertiary/aromatic N) is 2. The second-order valence-electron chi connectivity index (χ2n) is 4.97. The predicted octanol–water partition coefficient (Wildman–Crippen LogP) is 2.77. The smallest absolute Gasteiger partial charge is 0.309 e. The summed E-state index contributed by atoms with van der Waals surface area (Å²) in [7, 11) is 1.42. The van der Waals surface area contributed by atoms with Crippen molar-refractivity contribution in [1.82, 2.24) is 9.78 Å². The van der Waals surface area contributed by atoms with E-state index in [1.54, 1.807) is 0 Å². The van der Waals surface area contributed by atoms with Crippen LogP contribution in [0.3, 0.4) is 0 Å². The molecule has 0 fully saturated rings. The van der Waals surface area contributed by atoms with Crippen molar-refractivity contribution in [1.29, 1.82) is 0 Å². The van der Waals surface area contributed by atoms with Gasteiger partial charge in [0, 0.05) is 6.20 Å². The van der Waals surface area contributed by atoms with Gasteiger partial charge >= 0.3 is 5.97 Å². The van der Waals surface area contributed by atoms with E-state index >= 15 is 0 Å². The lowest BCUT2D eigenvalue weighted by atomic mass is 9.96. The largest absolute Gasteiger partial charge is 0.469 e. The molecule has 1 aromatic heterocycles. The fourth-order valence-electron chi connectivity index (χ4n) is 2.34. The van der Waals surface area contributed by atoms with Crippen LogP contribution in [0.2, 0.25) is 0 Å². The van der Waals surface area contributed by atoms with Gasteiger partial charge in [0.15, 0.2) is 0 Å². The molecule has 0 bridgehead atoms. The average Bonchev–Trinajstić information content (AvgIpc) is 2.87. The molecule has 0 aliphatic rings. The fourth-order valence-corrected chi connectivity index (χ4v) is 2.34. The van der Waals surface area contributed by atoms with Crippen LogP contribution in [0, 0.1) is 13.8 Å². The number of rotatable bonds is 4. The van der Waals surface area contributed by atoms with Crippen LogP contribution in [0.5, 0.6) is 0 Å². The Balaban J connectivity index is 2.44. The zero-order valence-corrected chi connectivity index (χ0v) is 12.4. The van der Waals surface area contributed by atoms with Gasteiger partial charge in [0.05, 0.1) is 25.4 Å². The second-order valence-corrected chi connectivity index (χ2v) is 4.97. The van der Waals surface area contributed by atoms with Gasteiger partial charge in [0.2, 0.25) is 0 Å². The number of hydrogen-bond acceptors (Lipinski definition) is 3. The highest BCUT2D eigenvalue weighted by Crippen LogP contribution is 2.21. The van der Waals surface area contributed by atoms with Crippen LogP contribution < -0.4 is 0 Å². The van der Waals surface area contributed by atoms with Crippen molar-refractivity contribution in [3.8, 4) is 5.69 Å². The highest BCUT2D eigenvalue weighted by Gasteiger charge is 2.12. The molecule has 0 spiro atoms. The summed E-state index contributed by atoms with van der Waals surface area (Å²) in [5.74, 6) is -0.203. The third-order valence-electron chi connectivity index (χ3n) is 3.46. The highest BCUT2D eigenvalue weighted by atomic mass is 16.5. The van der Waals surface area contributed by atoms with Crippen LogP contribution in [0.15, 0.2) is 24.5 Å². The van der Waals surface area contributed by atoms with Gasteiger partial charge in [-0.3, -0.25) is 4.79 Å². The Bertz CT molecular complexity index is 629. The Morgan fingerprint density at radius 2 is 2.10 bits per heavy atom. The van der Waals surface area contributed by atoms with Crippen LogP contribution in [-0.4, -0.2) is 22.9 Å². The van der Waals surface area contributed by atoms with Crippen molar-refractivity contribution >= 4 is 5.97 Å². The Hall–Kier alpha value is -2.10. The minimum atomic E-state index is -0.203. The maximum Gasteiger partial charge on any atom is 0.309 e. The molecule has 1 aromatic carbocycles. The van der Waals surface area contributed by atoms with Crippen molar-refractivity contribution in [3.05, 3.63) is 46.8 Å². The van der Waals surface area contributed by atoms with Gasteiger partial charge in [-0.2, -0.15) is 5.10 Å². The Morgan fingerprint density at radius 3 is 2.65 bits per heavy atom. The third-order valence-corrected chi connectivity index (χ3v) is 3.46. The number of hydrogen-bond donors (Lipinski definition) is 0. The van der Waals surface area contributed by atoms with E-state index in [1.165, 1.54) is 12.7 Å². The van der Waals surface area contributed by atoms with E-state index < -0.39 is 0 Å². The zero-order valence-electron chi connectivity index (χ0n) is 12.4. The summed E-state index contributed by atoms with van der Waals surface area (Å²) in [5.41, 5.74) is 5.48. The minimum absolute atomic E-state index is 0.203. The Kier molecular flexibility index (Phi) is 4.23. The molecular formula is C16H20N2O2. The average molecular weight is 272 g/mol. The molecule has 0 atom stereocenters. The van der Waals surface area contributed by atoms with Gasteiger partial charge in [-0.05, 0) is 54.7 Å². The number of methoxy groups -OCH3 is 1. The predicted molar refractivity (Wildman–Crippen MR) is 78.1 cm³/mol. The summed E-state index contributed by atoms with van der Waals surface area (Å²) in [6, 6.07) is 4.15. The molecule has 4 nitrogen and oxygen atoms in total. The van der Waals surface area contributed by atoms with E-state index in [2.05, 4.69) is 24.2 Å². The molecule has 2 rings (SSSR count). The monoisotopic (exact) mass is 272 g/mol. The van der Waals surface area contributed by atoms with E-state index in [0.29, 0.717) is 6.42 Å². The van der Waals surface area contributed by atoms with Gasteiger partial charge in [0.25, 0.3) is 0 Å². The van der Waals surface area contributed by atoms with Gasteiger partial charge < -0.3 is 4.74 Å². The molecule has 0 unspecified atom stereocenters. The first-order valence-electron chi connectivity index (χ1n) is 6.76. The van der Waals surface area contributed by atoms with Gasteiger partial charge in [0.1, 0.15) is 0 Å². The number of aromatic nitrogens is 2. The first-order valence-corrected chi connectivity index (χ1v) is 6.76. The first-order chi connectivity index (χ1) is 9.55. The van der Waals surface area contributed by atoms with Crippen LogP contribution >= 0.6 is 0 Å². The van der Waals surface area contributed by atoms with Crippen molar-refractivity contribution < 1.29 is 9.53 Å². The lowest BCUT2D eigenvalue weighted by Gasteiger charge is -2.13. The topological polar surface area (TPSA) is 44.1 Å². The summed E-state index contributed by atoms with van der Waals surface area (Å²) in [5, 5.41) is 4.33. The molecule has 0 aliphatic carbocycles.